The number of carbonyl (C=O) groups is 1. The number of nitrogens with zero attached hydrogens (tertiary/aromatic N) is 1. The summed E-state index contributed by atoms with van der Waals surface area (Å²) in [6.45, 7) is 2.13. The van der Waals surface area contributed by atoms with Crippen LogP contribution in [0.4, 0.5) is 0 Å². The third-order valence-electron chi connectivity index (χ3n) is 5.31. The van der Waals surface area contributed by atoms with Crippen LogP contribution in [0.25, 0.3) is 21.2 Å². The molecule has 2 aromatic heterocycles. The van der Waals surface area contributed by atoms with Crippen LogP contribution in [0.1, 0.15) is 30.4 Å². The minimum Gasteiger partial charge on any atom is -0.496 e. The predicted octanol–water partition coefficient (Wildman–Crippen LogP) is 6.13. The second kappa shape index (κ2) is 10.2. The van der Waals surface area contributed by atoms with Crippen molar-refractivity contribution in [3.05, 3.63) is 77.4 Å². The Kier molecular flexibility index (Phi) is 6.92. The van der Waals surface area contributed by atoms with Gasteiger partial charge in [0, 0.05) is 33.6 Å². The average molecular weight is 458 g/mol. The van der Waals surface area contributed by atoms with Gasteiger partial charge in [-0.2, -0.15) is 0 Å². The lowest BCUT2D eigenvalue weighted by Crippen LogP contribution is -2.04. The molecule has 2 aromatic carbocycles. The normalized spacial score (nSPS) is 11.5. The molecule has 0 spiro atoms. The molecule has 5 nitrogen and oxygen atoms in total. The third kappa shape index (κ3) is 5.16. The van der Waals surface area contributed by atoms with Crippen LogP contribution < -0.4 is 9.47 Å². The Morgan fingerprint density at radius 2 is 1.97 bits per heavy atom. The Morgan fingerprint density at radius 3 is 2.70 bits per heavy atom. The number of aromatic nitrogens is 1. The molecule has 1 N–H and O–H groups in total. The van der Waals surface area contributed by atoms with Crippen LogP contribution in [0.3, 0.4) is 0 Å². The van der Waals surface area contributed by atoms with Crippen LogP contribution in [0.2, 0.25) is 0 Å². The maximum atomic E-state index is 11.1. The Bertz CT molecular complexity index is 1330. The quantitative estimate of drug-likeness (QED) is 0.322. The van der Waals surface area contributed by atoms with E-state index < -0.39 is 5.97 Å². The van der Waals surface area contributed by atoms with Crippen molar-refractivity contribution >= 4 is 27.4 Å². The number of ether oxygens (including phenoxy) is 2. The van der Waals surface area contributed by atoms with Gasteiger partial charge in [-0.3, -0.25) is 9.78 Å². The number of pyridine rings is 1. The number of carboxylic acids is 1. The molecule has 0 radical (unpaired) electrons. The molecular formula is C27H23NO4S. The lowest BCUT2D eigenvalue weighted by atomic mass is 9.96. The van der Waals surface area contributed by atoms with Gasteiger partial charge in [0.1, 0.15) is 18.1 Å². The Labute approximate surface area is 196 Å². The van der Waals surface area contributed by atoms with E-state index in [-0.39, 0.29) is 12.3 Å². The van der Waals surface area contributed by atoms with E-state index in [4.69, 9.17) is 14.6 Å². The van der Waals surface area contributed by atoms with Gasteiger partial charge in [-0.1, -0.05) is 24.1 Å². The summed E-state index contributed by atoms with van der Waals surface area (Å²) in [5.74, 6) is 6.10. The fourth-order valence-corrected chi connectivity index (χ4v) is 4.64. The maximum Gasteiger partial charge on any atom is 0.304 e. The summed E-state index contributed by atoms with van der Waals surface area (Å²) < 4.78 is 12.7. The molecule has 0 aliphatic rings. The van der Waals surface area contributed by atoms with Crippen LogP contribution in [-0.4, -0.2) is 23.2 Å². The summed E-state index contributed by atoms with van der Waals surface area (Å²) in [7, 11) is 1.66. The lowest BCUT2D eigenvalue weighted by molar-refractivity contribution is -0.137. The highest BCUT2D eigenvalue weighted by atomic mass is 32.1. The SMILES string of the molecule is CC#C[C@@H](CC(=O)O)c1ccc(OCc2ccc3scc(-c4cnccc4OC)c3c2)cc1. The summed E-state index contributed by atoms with van der Waals surface area (Å²) in [6.07, 6.45) is 3.53. The average Bonchev–Trinajstić information content (AvgIpc) is 3.25. The van der Waals surface area contributed by atoms with Gasteiger partial charge in [-0.05, 0) is 53.8 Å². The standard InChI is InChI=1S/C27H23NO4S/c1-3-4-20(14-27(29)30)19-6-8-21(9-7-19)32-16-18-5-10-26-22(13-18)24(17-33-26)23-15-28-12-11-25(23)31-2/h5-13,15,17,20H,14,16H2,1-2H3,(H,29,30)/t20-/m0/s1. The molecule has 33 heavy (non-hydrogen) atoms. The molecule has 0 aliphatic carbocycles. The van der Waals surface area contributed by atoms with Gasteiger partial charge in [-0.15, -0.1) is 17.3 Å². The van der Waals surface area contributed by atoms with Gasteiger partial charge in [-0.25, -0.2) is 0 Å². The second-order valence-electron chi connectivity index (χ2n) is 7.46. The first-order valence-corrected chi connectivity index (χ1v) is 11.3. The number of carboxylic acid groups (broad SMARTS) is 1. The summed E-state index contributed by atoms with van der Waals surface area (Å²) >= 11 is 1.69. The van der Waals surface area contributed by atoms with Crippen LogP contribution >= 0.6 is 11.3 Å². The van der Waals surface area contributed by atoms with Crippen LogP contribution in [0.5, 0.6) is 11.5 Å². The number of rotatable bonds is 8. The number of aliphatic carboxylic acids is 1. The summed E-state index contributed by atoms with van der Waals surface area (Å²) in [4.78, 5) is 15.4. The van der Waals surface area contributed by atoms with Gasteiger partial charge in [0.15, 0.2) is 0 Å². The van der Waals surface area contributed by atoms with Crippen molar-refractivity contribution in [1.29, 1.82) is 0 Å². The van der Waals surface area contributed by atoms with E-state index in [0.29, 0.717) is 6.61 Å². The topological polar surface area (TPSA) is 68.7 Å². The fraction of sp³-hybridized carbons (Fsp3) is 0.185. The molecule has 0 unspecified atom stereocenters. The highest BCUT2D eigenvalue weighted by molar-refractivity contribution is 7.17. The maximum absolute atomic E-state index is 11.1. The zero-order valence-corrected chi connectivity index (χ0v) is 19.2. The summed E-state index contributed by atoms with van der Waals surface area (Å²) in [6, 6.07) is 15.6. The fourth-order valence-electron chi connectivity index (χ4n) is 3.70. The molecule has 1 atom stereocenters. The van der Waals surface area contributed by atoms with Crippen molar-refractivity contribution in [2.45, 2.75) is 25.9 Å². The van der Waals surface area contributed by atoms with Gasteiger partial charge in [0.05, 0.1) is 19.4 Å². The Morgan fingerprint density at radius 1 is 1.15 bits per heavy atom. The molecule has 0 aliphatic heterocycles. The Balaban J connectivity index is 1.52. The van der Waals surface area contributed by atoms with E-state index in [1.165, 1.54) is 4.70 Å². The number of methoxy groups -OCH3 is 1. The van der Waals surface area contributed by atoms with Gasteiger partial charge < -0.3 is 14.6 Å². The first kappa shape index (κ1) is 22.4. The van der Waals surface area contributed by atoms with E-state index in [2.05, 4.69) is 40.4 Å². The molecule has 0 amide bonds. The molecule has 0 bridgehead atoms. The van der Waals surface area contributed by atoms with Crippen LogP contribution in [0.15, 0.2) is 66.3 Å². The number of thiophene rings is 1. The highest BCUT2D eigenvalue weighted by Gasteiger charge is 2.14. The highest BCUT2D eigenvalue weighted by Crippen LogP contribution is 2.38. The lowest BCUT2D eigenvalue weighted by Gasteiger charge is -2.11. The third-order valence-corrected chi connectivity index (χ3v) is 6.28. The van der Waals surface area contributed by atoms with Gasteiger partial charge in [0.2, 0.25) is 0 Å². The van der Waals surface area contributed by atoms with E-state index in [1.807, 2.05) is 36.5 Å². The predicted molar refractivity (Wildman–Crippen MR) is 131 cm³/mol. The molecular weight excluding hydrogens is 434 g/mol. The molecule has 0 saturated carbocycles. The second-order valence-corrected chi connectivity index (χ2v) is 8.37. The molecule has 4 rings (SSSR count). The summed E-state index contributed by atoms with van der Waals surface area (Å²) in [5, 5.41) is 12.4. The molecule has 0 fully saturated rings. The Hall–Kier alpha value is -3.82. The summed E-state index contributed by atoms with van der Waals surface area (Å²) in [5.41, 5.74) is 3.97. The zero-order chi connectivity index (χ0) is 23.2. The van der Waals surface area contributed by atoms with Crippen molar-refractivity contribution in [2.75, 3.05) is 7.11 Å². The molecule has 0 saturated heterocycles. The van der Waals surface area contributed by atoms with Crippen molar-refractivity contribution in [3.63, 3.8) is 0 Å². The van der Waals surface area contributed by atoms with Crippen molar-refractivity contribution in [2.24, 2.45) is 0 Å². The van der Waals surface area contributed by atoms with Crippen molar-refractivity contribution in [1.82, 2.24) is 4.98 Å². The van der Waals surface area contributed by atoms with E-state index in [9.17, 15) is 4.79 Å². The van der Waals surface area contributed by atoms with Gasteiger partial charge >= 0.3 is 5.97 Å². The van der Waals surface area contributed by atoms with Crippen molar-refractivity contribution < 1.29 is 19.4 Å². The molecule has 166 valence electrons. The number of benzene rings is 2. The van der Waals surface area contributed by atoms with E-state index >= 15 is 0 Å². The van der Waals surface area contributed by atoms with Crippen LogP contribution in [-0.2, 0) is 11.4 Å². The van der Waals surface area contributed by atoms with E-state index in [1.54, 1.807) is 31.6 Å². The van der Waals surface area contributed by atoms with Gasteiger partial charge in [0.25, 0.3) is 0 Å². The minimum absolute atomic E-state index is 0.0221. The first-order chi connectivity index (χ1) is 16.1. The smallest absolute Gasteiger partial charge is 0.304 e. The zero-order valence-electron chi connectivity index (χ0n) is 18.4. The van der Waals surface area contributed by atoms with Crippen molar-refractivity contribution in [3.8, 4) is 34.5 Å². The monoisotopic (exact) mass is 457 g/mol. The minimum atomic E-state index is -0.866. The molecule has 2 heterocycles. The molecule has 6 heteroatoms. The molecule has 4 aromatic rings. The number of hydrogen-bond acceptors (Lipinski definition) is 5. The largest absolute Gasteiger partial charge is 0.496 e. The van der Waals surface area contributed by atoms with Crippen LogP contribution in [0, 0.1) is 11.8 Å². The number of hydrogen-bond donors (Lipinski definition) is 1. The van der Waals surface area contributed by atoms with E-state index in [0.717, 1.165) is 39.1 Å². The first-order valence-electron chi connectivity index (χ1n) is 10.4. The number of fused-ring (bicyclic) bond motifs is 1.